The zero-order valence-electron chi connectivity index (χ0n) is 20.6. The number of anilines is 2. The van der Waals surface area contributed by atoms with E-state index >= 15 is 0 Å². The molecule has 182 valence electrons. The van der Waals surface area contributed by atoms with Crippen molar-refractivity contribution in [3.63, 3.8) is 0 Å². The molecule has 4 heterocycles. The van der Waals surface area contributed by atoms with Crippen LogP contribution in [-0.4, -0.2) is 38.2 Å². The van der Waals surface area contributed by atoms with Crippen LogP contribution < -0.4 is 10.6 Å². The summed E-state index contributed by atoms with van der Waals surface area (Å²) >= 11 is 0. The lowest BCUT2D eigenvalue weighted by molar-refractivity contribution is 0.438. The summed E-state index contributed by atoms with van der Waals surface area (Å²) < 4.78 is 5.95. The molecule has 5 rings (SSSR count). The molecular formula is C27H28N8O. The summed E-state index contributed by atoms with van der Waals surface area (Å²) in [5, 5.41) is 17.9. The number of nitrogens with two attached hydrogens (primary N) is 1. The lowest BCUT2D eigenvalue weighted by Gasteiger charge is -2.32. The van der Waals surface area contributed by atoms with Crippen LogP contribution in [0.3, 0.4) is 0 Å². The first kappa shape index (κ1) is 23.4. The Balaban J connectivity index is 1.40. The molecule has 36 heavy (non-hydrogen) atoms. The van der Waals surface area contributed by atoms with Crippen LogP contribution in [0, 0.1) is 17.2 Å². The second kappa shape index (κ2) is 9.38. The van der Waals surface area contributed by atoms with Crippen molar-refractivity contribution in [2.24, 2.45) is 5.92 Å². The molecule has 3 aromatic heterocycles. The second-order valence-electron chi connectivity index (χ2n) is 9.78. The molecule has 4 aromatic rings. The molecule has 0 saturated carbocycles. The third-order valence-electron chi connectivity index (χ3n) is 6.67. The van der Waals surface area contributed by atoms with Crippen molar-refractivity contribution in [3.8, 4) is 40.4 Å². The molecule has 0 atom stereocenters. The number of pyridine rings is 1. The van der Waals surface area contributed by atoms with Crippen LogP contribution in [0.1, 0.15) is 39.3 Å². The predicted octanol–water partition coefficient (Wildman–Crippen LogP) is 4.88. The fraction of sp³-hybridized carbons (Fsp3) is 0.333. The highest BCUT2D eigenvalue weighted by Gasteiger charge is 2.23. The average molecular weight is 481 g/mol. The molecule has 0 amide bonds. The molecule has 1 aliphatic rings. The van der Waals surface area contributed by atoms with Gasteiger partial charge in [-0.25, -0.2) is 9.97 Å². The van der Waals surface area contributed by atoms with E-state index in [9.17, 15) is 5.26 Å². The number of hydrogen-bond donors (Lipinski definition) is 1. The van der Waals surface area contributed by atoms with E-state index < -0.39 is 5.41 Å². The van der Waals surface area contributed by atoms with Gasteiger partial charge in [-0.05, 0) is 69.0 Å². The molecule has 9 heteroatoms. The Kier molecular flexibility index (Phi) is 6.10. The summed E-state index contributed by atoms with van der Waals surface area (Å²) in [5.74, 6) is 1.56. The molecule has 1 saturated heterocycles. The number of aromatic nitrogens is 5. The summed E-state index contributed by atoms with van der Waals surface area (Å²) in [6.45, 7) is 8.10. The molecule has 0 unspecified atom stereocenters. The normalized spacial score (nSPS) is 14.6. The van der Waals surface area contributed by atoms with E-state index in [0.717, 1.165) is 30.1 Å². The quantitative estimate of drug-likeness (QED) is 0.425. The fourth-order valence-electron chi connectivity index (χ4n) is 4.20. The van der Waals surface area contributed by atoms with Crippen LogP contribution in [0.25, 0.3) is 34.3 Å². The highest BCUT2D eigenvalue weighted by molar-refractivity contribution is 5.69. The van der Waals surface area contributed by atoms with Crippen molar-refractivity contribution in [1.82, 2.24) is 25.1 Å². The highest BCUT2D eigenvalue weighted by Crippen LogP contribution is 2.31. The smallest absolute Gasteiger partial charge is 0.270 e. The van der Waals surface area contributed by atoms with Gasteiger partial charge in [0.15, 0.2) is 11.5 Å². The maximum atomic E-state index is 9.46. The van der Waals surface area contributed by atoms with Crippen LogP contribution in [0.4, 0.5) is 11.5 Å². The van der Waals surface area contributed by atoms with Crippen molar-refractivity contribution in [2.75, 3.05) is 23.7 Å². The number of piperidine rings is 1. The fourth-order valence-corrected chi connectivity index (χ4v) is 4.20. The Morgan fingerprint density at radius 1 is 1.03 bits per heavy atom. The zero-order chi connectivity index (χ0) is 25.3. The van der Waals surface area contributed by atoms with Crippen molar-refractivity contribution >= 4 is 11.5 Å². The van der Waals surface area contributed by atoms with E-state index in [2.05, 4.69) is 55.2 Å². The lowest BCUT2D eigenvalue weighted by atomic mass is 9.90. The molecule has 2 N–H and O–H groups in total. The largest absolute Gasteiger partial charge is 0.414 e. The summed E-state index contributed by atoms with van der Waals surface area (Å²) in [5.41, 5.74) is 9.69. The second-order valence-corrected chi connectivity index (χ2v) is 9.78. The highest BCUT2D eigenvalue weighted by atomic mass is 16.4. The molecular weight excluding hydrogens is 452 g/mol. The van der Waals surface area contributed by atoms with E-state index in [1.807, 2.05) is 38.1 Å². The summed E-state index contributed by atoms with van der Waals surface area (Å²) in [4.78, 5) is 15.7. The molecule has 0 radical (unpaired) electrons. The van der Waals surface area contributed by atoms with Crippen LogP contribution in [0.15, 0.2) is 53.2 Å². The van der Waals surface area contributed by atoms with Crippen LogP contribution in [0.2, 0.25) is 0 Å². The number of nitrogen functional groups attached to an aromatic ring is 1. The summed E-state index contributed by atoms with van der Waals surface area (Å²) in [6, 6.07) is 14.1. The standard InChI is InChI=1S/C27H28N8O/c1-17-9-12-35(13-10-17)20-6-4-18(5-7-20)25-33-34-26(36-25)23-24(29)31-15-21(32-23)19-8-11-30-22(14-19)27(2,3)16-28/h4-8,11,14-15,17H,9-10,12-13H2,1-3H3,(H2,29,31). The van der Waals surface area contributed by atoms with Crippen LogP contribution in [0.5, 0.6) is 0 Å². The van der Waals surface area contributed by atoms with Gasteiger partial charge in [-0.1, -0.05) is 6.92 Å². The van der Waals surface area contributed by atoms with Gasteiger partial charge in [-0.3, -0.25) is 4.98 Å². The zero-order valence-corrected chi connectivity index (χ0v) is 20.6. The molecule has 9 nitrogen and oxygen atoms in total. The number of hydrogen-bond acceptors (Lipinski definition) is 9. The first-order chi connectivity index (χ1) is 17.3. The first-order valence-corrected chi connectivity index (χ1v) is 12.0. The van der Waals surface area contributed by atoms with Gasteiger partial charge in [-0.15, -0.1) is 10.2 Å². The topological polar surface area (TPSA) is 131 Å². The van der Waals surface area contributed by atoms with Crippen molar-refractivity contribution in [1.29, 1.82) is 5.26 Å². The minimum Gasteiger partial charge on any atom is -0.414 e. The molecule has 0 bridgehead atoms. The Bertz CT molecular complexity index is 1410. The van der Waals surface area contributed by atoms with E-state index in [4.69, 9.17) is 10.2 Å². The Hall–Kier alpha value is -4.32. The van der Waals surface area contributed by atoms with Crippen molar-refractivity contribution < 1.29 is 4.42 Å². The lowest BCUT2D eigenvalue weighted by Crippen LogP contribution is -2.32. The molecule has 1 aromatic carbocycles. The molecule has 1 aliphatic heterocycles. The van der Waals surface area contributed by atoms with E-state index in [1.54, 1.807) is 12.4 Å². The minimum atomic E-state index is -0.733. The van der Waals surface area contributed by atoms with E-state index in [1.165, 1.54) is 18.5 Å². The predicted molar refractivity (Wildman–Crippen MR) is 138 cm³/mol. The van der Waals surface area contributed by atoms with Gasteiger partial charge in [-0.2, -0.15) is 5.26 Å². The maximum Gasteiger partial charge on any atom is 0.270 e. The summed E-state index contributed by atoms with van der Waals surface area (Å²) in [7, 11) is 0. The molecule has 0 spiro atoms. The summed E-state index contributed by atoms with van der Waals surface area (Å²) in [6.07, 6.45) is 5.66. The Morgan fingerprint density at radius 2 is 1.75 bits per heavy atom. The van der Waals surface area contributed by atoms with Crippen LogP contribution >= 0.6 is 0 Å². The third-order valence-corrected chi connectivity index (χ3v) is 6.67. The number of nitriles is 1. The maximum absolute atomic E-state index is 9.46. The van der Waals surface area contributed by atoms with Gasteiger partial charge in [0.25, 0.3) is 5.89 Å². The van der Waals surface area contributed by atoms with E-state index in [0.29, 0.717) is 23.0 Å². The van der Waals surface area contributed by atoms with E-state index in [-0.39, 0.29) is 11.7 Å². The van der Waals surface area contributed by atoms with Gasteiger partial charge in [0.2, 0.25) is 5.89 Å². The van der Waals surface area contributed by atoms with Crippen molar-refractivity contribution in [2.45, 2.75) is 39.0 Å². The Morgan fingerprint density at radius 3 is 2.47 bits per heavy atom. The van der Waals surface area contributed by atoms with Gasteiger partial charge in [0.05, 0.1) is 29.1 Å². The third kappa shape index (κ3) is 4.62. The van der Waals surface area contributed by atoms with Gasteiger partial charge >= 0.3 is 0 Å². The van der Waals surface area contributed by atoms with Gasteiger partial charge in [0.1, 0.15) is 0 Å². The SMILES string of the molecule is CC1CCN(c2ccc(-c3nnc(-c4nc(-c5ccnc(C(C)(C)C#N)c5)cnc4N)o3)cc2)CC1. The van der Waals surface area contributed by atoms with Gasteiger partial charge in [0, 0.05) is 36.1 Å². The van der Waals surface area contributed by atoms with Crippen molar-refractivity contribution in [3.05, 3.63) is 54.5 Å². The van der Waals surface area contributed by atoms with Crippen LogP contribution in [-0.2, 0) is 5.41 Å². The minimum absolute atomic E-state index is 0.190. The number of benzene rings is 1. The molecule has 0 aliphatic carbocycles. The van der Waals surface area contributed by atoms with Gasteiger partial charge < -0.3 is 15.1 Å². The average Bonchev–Trinajstić information content (AvgIpc) is 3.40. The first-order valence-electron chi connectivity index (χ1n) is 12.0. The number of nitrogens with zero attached hydrogens (tertiary/aromatic N) is 7. The Labute approximate surface area is 210 Å². The monoisotopic (exact) mass is 480 g/mol. The number of rotatable bonds is 5. The molecule has 1 fully saturated rings.